The Labute approximate surface area is 251 Å². The third-order valence-electron chi connectivity index (χ3n) is 6.77. The van der Waals surface area contributed by atoms with Gasteiger partial charge in [0.05, 0.1) is 16.2 Å². The number of amides is 4. The fraction of sp³-hybridized carbons (Fsp3) is 0.560. The molecule has 4 atom stereocenters. The van der Waals surface area contributed by atoms with Gasteiger partial charge in [-0.2, -0.15) is 0 Å². The number of rotatable bonds is 8. The molecule has 0 spiro atoms. The number of non-ortho nitro benzene ring substituents is 1. The van der Waals surface area contributed by atoms with Crippen LogP contribution in [0.4, 0.5) is 11.4 Å². The van der Waals surface area contributed by atoms with Crippen molar-refractivity contribution < 1.29 is 24.1 Å². The van der Waals surface area contributed by atoms with Crippen LogP contribution >= 0.6 is 22.6 Å². The number of fused-ring (bicyclic) bond motifs is 1. The SMILES string of the molecule is CCC(C)[C@@H]1NC(=O)c2cc([N+](=O)[O-])cc(I)c2NCCCC[C@@H](C(N)=O)NC(=O)[C@H](CCCN=C(N)N)NC1=O. The predicted octanol–water partition coefficient (Wildman–Crippen LogP) is 0.448. The average molecular weight is 688 g/mol. The molecule has 226 valence electrons. The highest BCUT2D eigenvalue weighted by Gasteiger charge is 2.32. The maximum Gasteiger partial charge on any atom is 0.271 e. The molecule has 10 N–H and O–H groups in total. The van der Waals surface area contributed by atoms with E-state index in [9.17, 15) is 29.3 Å². The molecule has 1 aliphatic rings. The lowest BCUT2D eigenvalue weighted by molar-refractivity contribution is -0.384. The van der Waals surface area contributed by atoms with E-state index in [0.29, 0.717) is 41.5 Å². The molecule has 1 unspecified atom stereocenters. The Kier molecular flexibility index (Phi) is 13.0. The Morgan fingerprint density at radius 2 is 1.85 bits per heavy atom. The number of nitrogens with zero attached hydrogens (tertiary/aromatic N) is 2. The van der Waals surface area contributed by atoms with Crippen LogP contribution in [0.3, 0.4) is 0 Å². The summed E-state index contributed by atoms with van der Waals surface area (Å²) in [6.45, 7) is 4.17. The molecule has 16 heteroatoms. The van der Waals surface area contributed by atoms with E-state index in [0.717, 1.165) is 6.07 Å². The summed E-state index contributed by atoms with van der Waals surface area (Å²) < 4.78 is 0.454. The van der Waals surface area contributed by atoms with Crippen molar-refractivity contribution in [1.29, 1.82) is 0 Å². The third-order valence-corrected chi connectivity index (χ3v) is 7.62. The van der Waals surface area contributed by atoms with E-state index in [1.54, 1.807) is 6.92 Å². The molecule has 1 aromatic carbocycles. The van der Waals surface area contributed by atoms with Crippen LogP contribution in [0.25, 0.3) is 0 Å². The normalized spacial score (nSPS) is 21.2. The quantitative estimate of drug-likeness (QED) is 0.0500. The van der Waals surface area contributed by atoms with Crippen LogP contribution in [-0.2, 0) is 14.4 Å². The molecule has 1 aromatic rings. The summed E-state index contributed by atoms with van der Waals surface area (Å²) >= 11 is 1.91. The lowest BCUT2D eigenvalue weighted by atomic mass is 9.96. The van der Waals surface area contributed by atoms with Crippen molar-refractivity contribution >= 4 is 63.6 Å². The van der Waals surface area contributed by atoms with E-state index in [4.69, 9.17) is 17.2 Å². The van der Waals surface area contributed by atoms with Crippen LogP contribution in [-0.4, -0.2) is 65.7 Å². The number of hydrogen-bond acceptors (Lipinski definition) is 8. The van der Waals surface area contributed by atoms with Gasteiger partial charge in [0.15, 0.2) is 5.96 Å². The first kappa shape index (κ1) is 33.5. The minimum Gasteiger partial charge on any atom is -0.384 e. The lowest BCUT2D eigenvalue weighted by Crippen LogP contribution is -2.57. The molecule has 1 heterocycles. The summed E-state index contributed by atoms with van der Waals surface area (Å²) in [6.07, 6.45) is 2.25. The Morgan fingerprint density at radius 1 is 1.15 bits per heavy atom. The fourth-order valence-corrected chi connectivity index (χ4v) is 5.06. The Hall–Kier alpha value is -3.70. The van der Waals surface area contributed by atoms with Crippen molar-refractivity contribution in [3.8, 4) is 0 Å². The van der Waals surface area contributed by atoms with Crippen LogP contribution in [0.15, 0.2) is 17.1 Å². The number of anilines is 1. The van der Waals surface area contributed by atoms with Gasteiger partial charge in [-0.15, -0.1) is 0 Å². The van der Waals surface area contributed by atoms with Gasteiger partial charge in [-0.3, -0.25) is 34.3 Å². The Balaban J connectivity index is 2.51. The number of nitrogens with one attached hydrogen (secondary N) is 4. The van der Waals surface area contributed by atoms with Crippen LogP contribution in [0.1, 0.15) is 62.7 Å². The van der Waals surface area contributed by atoms with Crippen LogP contribution < -0.4 is 38.5 Å². The monoisotopic (exact) mass is 687 g/mol. The first-order chi connectivity index (χ1) is 19.3. The second kappa shape index (κ2) is 15.9. The van der Waals surface area contributed by atoms with Crippen LogP contribution in [0, 0.1) is 19.6 Å². The second-order valence-electron chi connectivity index (χ2n) is 9.84. The standard InChI is InChI=1S/C25H38IN9O6/c1-3-13(2)19-24(39)33-18(8-6-10-31-25(28)29)23(38)32-17(21(27)36)7-4-5-9-30-20-15(22(37)34-19)11-14(35(40)41)12-16(20)26/h11-13,17-19,30H,3-10H2,1-2H3,(H2,27,36)(H,32,38)(H,33,39)(H,34,37)(H4,28,29,31)/t13?,17-,18-,19-/m0/s1. The number of nitrogens with two attached hydrogens (primary N) is 3. The average Bonchev–Trinajstić information content (AvgIpc) is 2.91. The number of carbonyl (C=O) groups excluding carboxylic acids is 4. The van der Waals surface area contributed by atoms with Gasteiger partial charge < -0.3 is 38.5 Å². The van der Waals surface area contributed by atoms with E-state index >= 15 is 0 Å². The minimum absolute atomic E-state index is 0.0123. The van der Waals surface area contributed by atoms with Gasteiger partial charge >= 0.3 is 0 Å². The maximum atomic E-state index is 13.5. The first-order valence-electron chi connectivity index (χ1n) is 13.3. The van der Waals surface area contributed by atoms with Crippen molar-refractivity contribution in [2.75, 3.05) is 18.4 Å². The molecule has 0 saturated carbocycles. The van der Waals surface area contributed by atoms with Crippen molar-refractivity contribution in [2.24, 2.45) is 28.1 Å². The van der Waals surface area contributed by atoms with Gasteiger partial charge in [-0.25, -0.2) is 0 Å². The van der Waals surface area contributed by atoms with E-state index in [-0.39, 0.29) is 42.5 Å². The Morgan fingerprint density at radius 3 is 2.46 bits per heavy atom. The van der Waals surface area contributed by atoms with E-state index in [2.05, 4.69) is 26.3 Å². The summed E-state index contributed by atoms with van der Waals surface area (Å²) in [5, 5.41) is 22.7. The smallest absolute Gasteiger partial charge is 0.271 e. The second-order valence-corrected chi connectivity index (χ2v) is 11.0. The summed E-state index contributed by atoms with van der Waals surface area (Å²) in [5.41, 5.74) is 16.4. The number of nitro groups is 1. The maximum absolute atomic E-state index is 13.5. The number of guanidine groups is 1. The molecule has 2 rings (SSSR count). The molecular weight excluding hydrogens is 649 g/mol. The topological polar surface area (TPSA) is 250 Å². The molecule has 1 aliphatic heterocycles. The van der Waals surface area contributed by atoms with Gasteiger partial charge in [0, 0.05) is 28.8 Å². The number of carbonyl (C=O) groups is 4. The van der Waals surface area contributed by atoms with E-state index in [1.165, 1.54) is 6.07 Å². The van der Waals surface area contributed by atoms with Crippen LogP contribution in [0.2, 0.25) is 0 Å². The number of halogens is 1. The first-order valence-corrected chi connectivity index (χ1v) is 14.4. The van der Waals surface area contributed by atoms with Crippen molar-refractivity contribution in [3.63, 3.8) is 0 Å². The number of benzene rings is 1. The number of primary amides is 1. The highest BCUT2D eigenvalue weighted by molar-refractivity contribution is 14.1. The largest absolute Gasteiger partial charge is 0.384 e. The molecule has 0 fully saturated rings. The zero-order valence-corrected chi connectivity index (χ0v) is 25.2. The van der Waals surface area contributed by atoms with E-state index < -0.39 is 46.7 Å². The third kappa shape index (κ3) is 10.0. The molecule has 15 nitrogen and oxygen atoms in total. The molecule has 0 aliphatic carbocycles. The number of hydrogen-bond donors (Lipinski definition) is 7. The summed E-state index contributed by atoms with van der Waals surface area (Å²) in [4.78, 5) is 67.2. The summed E-state index contributed by atoms with van der Waals surface area (Å²) in [5.74, 6) is -3.11. The van der Waals surface area contributed by atoms with E-state index in [1.807, 2.05) is 29.5 Å². The van der Waals surface area contributed by atoms with Crippen molar-refractivity contribution in [1.82, 2.24) is 16.0 Å². The molecular formula is C25H38IN9O6. The predicted molar refractivity (Wildman–Crippen MR) is 162 cm³/mol. The van der Waals surface area contributed by atoms with Gasteiger partial charge in [-0.1, -0.05) is 20.3 Å². The number of nitro benzene ring substituents is 1. The van der Waals surface area contributed by atoms with Crippen molar-refractivity contribution in [3.05, 3.63) is 31.4 Å². The molecule has 4 amide bonds. The Bertz CT molecular complexity index is 1170. The zero-order chi connectivity index (χ0) is 30.7. The molecule has 0 bridgehead atoms. The molecule has 0 aromatic heterocycles. The van der Waals surface area contributed by atoms with Gasteiger partial charge in [0.2, 0.25) is 17.7 Å². The van der Waals surface area contributed by atoms with Gasteiger partial charge in [0.25, 0.3) is 11.6 Å². The summed E-state index contributed by atoms with van der Waals surface area (Å²) in [6, 6.07) is -0.608. The van der Waals surface area contributed by atoms with Crippen LogP contribution in [0.5, 0.6) is 0 Å². The fourth-order valence-electron chi connectivity index (χ4n) is 4.26. The number of aliphatic imine (C=N–C) groups is 1. The minimum atomic E-state index is -1.08. The highest BCUT2D eigenvalue weighted by Crippen LogP contribution is 2.29. The molecule has 0 saturated heterocycles. The van der Waals surface area contributed by atoms with Gasteiger partial charge in [0.1, 0.15) is 18.1 Å². The lowest BCUT2D eigenvalue weighted by Gasteiger charge is -2.28. The zero-order valence-electron chi connectivity index (χ0n) is 23.1. The van der Waals surface area contributed by atoms with Gasteiger partial charge in [-0.05, 0) is 60.6 Å². The summed E-state index contributed by atoms with van der Waals surface area (Å²) in [7, 11) is 0. The highest BCUT2D eigenvalue weighted by atomic mass is 127. The van der Waals surface area contributed by atoms with Crippen molar-refractivity contribution in [2.45, 2.75) is 70.5 Å². The molecule has 0 radical (unpaired) electrons. The molecule has 41 heavy (non-hydrogen) atoms.